The summed E-state index contributed by atoms with van der Waals surface area (Å²) in [5, 5.41) is 0. The third-order valence-electron chi connectivity index (χ3n) is 4.68. The standard InChI is InChI=1S/C14H30N4/c1-12-10-18(11-14(12)16(2)3)9-8-17-6-4-13(15)5-7-17/h12-14H,4-11,15H2,1-3H3. The predicted molar refractivity (Wildman–Crippen MR) is 76.7 cm³/mol. The number of nitrogens with zero attached hydrogens (tertiary/aromatic N) is 3. The lowest BCUT2D eigenvalue weighted by Gasteiger charge is -2.31. The van der Waals surface area contributed by atoms with Gasteiger partial charge in [-0.2, -0.15) is 0 Å². The lowest BCUT2D eigenvalue weighted by Crippen LogP contribution is -2.43. The van der Waals surface area contributed by atoms with E-state index in [0.29, 0.717) is 6.04 Å². The van der Waals surface area contributed by atoms with Gasteiger partial charge in [0.05, 0.1) is 0 Å². The molecule has 0 bridgehead atoms. The first-order valence-corrected chi connectivity index (χ1v) is 7.43. The number of piperidine rings is 1. The van der Waals surface area contributed by atoms with Gasteiger partial charge < -0.3 is 20.4 Å². The number of likely N-dealkylation sites (N-methyl/N-ethyl adjacent to an activating group) is 1. The molecular formula is C14H30N4. The van der Waals surface area contributed by atoms with E-state index < -0.39 is 0 Å². The quantitative estimate of drug-likeness (QED) is 0.782. The van der Waals surface area contributed by atoms with Gasteiger partial charge in [0.2, 0.25) is 0 Å². The third-order valence-corrected chi connectivity index (χ3v) is 4.68. The highest BCUT2D eigenvalue weighted by molar-refractivity contribution is 4.87. The Kier molecular flexibility index (Phi) is 5.01. The third kappa shape index (κ3) is 3.67. The van der Waals surface area contributed by atoms with Crippen LogP contribution >= 0.6 is 0 Å². The second-order valence-corrected chi connectivity index (χ2v) is 6.45. The number of likely N-dealkylation sites (tertiary alicyclic amines) is 2. The molecule has 0 spiro atoms. The van der Waals surface area contributed by atoms with Crippen molar-refractivity contribution in [3.05, 3.63) is 0 Å². The fraction of sp³-hybridized carbons (Fsp3) is 1.00. The predicted octanol–water partition coefficient (Wildman–Crippen LogP) is 0.291. The summed E-state index contributed by atoms with van der Waals surface area (Å²) in [7, 11) is 4.41. The van der Waals surface area contributed by atoms with Crippen LogP contribution in [0.5, 0.6) is 0 Å². The van der Waals surface area contributed by atoms with Gasteiger partial charge in [-0.25, -0.2) is 0 Å². The first kappa shape index (κ1) is 14.3. The van der Waals surface area contributed by atoms with Crippen molar-refractivity contribution in [3.63, 3.8) is 0 Å². The number of hydrogen-bond acceptors (Lipinski definition) is 4. The van der Waals surface area contributed by atoms with Crippen molar-refractivity contribution in [2.45, 2.75) is 31.8 Å². The molecule has 18 heavy (non-hydrogen) atoms. The highest BCUT2D eigenvalue weighted by Gasteiger charge is 2.30. The molecule has 2 atom stereocenters. The highest BCUT2D eigenvalue weighted by Crippen LogP contribution is 2.19. The summed E-state index contributed by atoms with van der Waals surface area (Å²) >= 11 is 0. The lowest BCUT2D eigenvalue weighted by molar-refractivity contribution is 0.180. The van der Waals surface area contributed by atoms with Gasteiger partial charge in [-0.05, 0) is 45.9 Å². The van der Waals surface area contributed by atoms with Crippen molar-refractivity contribution >= 4 is 0 Å². The molecule has 0 aromatic rings. The van der Waals surface area contributed by atoms with Crippen LogP contribution < -0.4 is 5.73 Å². The Balaban J connectivity index is 1.69. The molecule has 106 valence electrons. The second kappa shape index (κ2) is 6.33. The van der Waals surface area contributed by atoms with Crippen molar-refractivity contribution in [3.8, 4) is 0 Å². The molecule has 4 heteroatoms. The van der Waals surface area contributed by atoms with Crippen LogP contribution in [0, 0.1) is 5.92 Å². The smallest absolute Gasteiger partial charge is 0.0254 e. The van der Waals surface area contributed by atoms with Gasteiger partial charge in [0.15, 0.2) is 0 Å². The normalized spacial score (nSPS) is 32.5. The molecule has 0 aliphatic carbocycles. The first-order valence-electron chi connectivity index (χ1n) is 7.43. The van der Waals surface area contributed by atoms with Crippen molar-refractivity contribution in [1.29, 1.82) is 0 Å². The molecule has 0 amide bonds. The Morgan fingerprint density at radius 1 is 1.06 bits per heavy atom. The van der Waals surface area contributed by atoms with Crippen molar-refractivity contribution in [2.75, 3.05) is 53.4 Å². The van der Waals surface area contributed by atoms with E-state index in [-0.39, 0.29) is 0 Å². The molecule has 2 heterocycles. The zero-order valence-corrected chi connectivity index (χ0v) is 12.3. The van der Waals surface area contributed by atoms with Crippen LogP contribution in [0.3, 0.4) is 0 Å². The molecule has 2 aliphatic heterocycles. The van der Waals surface area contributed by atoms with Gasteiger partial charge in [-0.15, -0.1) is 0 Å². The van der Waals surface area contributed by atoms with Gasteiger partial charge in [0.1, 0.15) is 0 Å². The summed E-state index contributed by atoms with van der Waals surface area (Å²) in [6, 6.07) is 1.19. The van der Waals surface area contributed by atoms with E-state index in [4.69, 9.17) is 5.73 Å². The first-order chi connectivity index (χ1) is 8.56. The molecule has 4 nitrogen and oxygen atoms in total. The van der Waals surface area contributed by atoms with Gasteiger partial charge in [-0.3, -0.25) is 0 Å². The summed E-state index contributed by atoms with van der Waals surface area (Å²) in [4.78, 5) is 7.59. The van der Waals surface area contributed by atoms with Crippen LogP contribution in [0.4, 0.5) is 0 Å². The number of rotatable bonds is 4. The second-order valence-electron chi connectivity index (χ2n) is 6.45. The van der Waals surface area contributed by atoms with Crippen molar-refractivity contribution in [2.24, 2.45) is 11.7 Å². The van der Waals surface area contributed by atoms with Crippen LogP contribution in [0.15, 0.2) is 0 Å². The molecule has 0 aromatic carbocycles. The van der Waals surface area contributed by atoms with E-state index in [1.807, 2.05) is 0 Å². The SMILES string of the molecule is CC1CN(CCN2CCC(N)CC2)CC1N(C)C. The average Bonchev–Trinajstić information content (AvgIpc) is 2.70. The lowest BCUT2D eigenvalue weighted by atomic mass is 10.1. The Labute approximate surface area is 112 Å². The molecule has 0 radical (unpaired) electrons. The number of hydrogen-bond donors (Lipinski definition) is 1. The minimum absolute atomic E-state index is 0.450. The fourth-order valence-electron chi connectivity index (χ4n) is 3.36. The molecule has 2 rings (SSSR count). The monoisotopic (exact) mass is 254 g/mol. The summed E-state index contributed by atoms with van der Waals surface area (Å²) in [6.45, 7) is 9.72. The largest absolute Gasteiger partial charge is 0.328 e. The summed E-state index contributed by atoms with van der Waals surface area (Å²) in [5.41, 5.74) is 5.94. The fourth-order valence-corrected chi connectivity index (χ4v) is 3.36. The molecule has 2 aliphatic rings. The van der Waals surface area contributed by atoms with Crippen molar-refractivity contribution < 1.29 is 0 Å². The number of nitrogens with two attached hydrogens (primary N) is 1. The van der Waals surface area contributed by atoms with E-state index in [0.717, 1.165) is 12.0 Å². The highest BCUT2D eigenvalue weighted by atomic mass is 15.3. The molecule has 2 N–H and O–H groups in total. The molecule has 2 saturated heterocycles. The Morgan fingerprint density at radius 3 is 2.22 bits per heavy atom. The van der Waals surface area contributed by atoms with E-state index >= 15 is 0 Å². The summed E-state index contributed by atoms with van der Waals surface area (Å²) < 4.78 is 0. The van der Waals surface area contributed by atoms with Gasteiger partial charge in [0.25, 0.3) is 0 Å². The van der Waals surface area contributed by atoms with Crippen molar-refractivity contribution in [1.82, 2.24) is 14.7 Å². The maximum atomic E-state index is 5.94. The Hall–Kier alpha value is -0.160. The minimum Gasteiger partial charge on any atom is -0.328 e. The molecule has 0 saturated carbocycles. The molecule has 0 aromatic heterocycles. The van der Waals surface area contributed by atoms with E-state index in [9.17, 15) is 0 Å². The Morgan fingerprint density at radius 2 is 1.67 bits per heavy atom. The van der Waals surface area contributed by atoms with Crippen LogP contribution in [0.2, 0.25) is 0 Å². The maximum absolute atomic E-state index is 5.94. The molecule has 2 fully saturated rings. The Bertz CT molecular complexity index is 248. The topological polar surface area (TPSA) is 35.7 Å². The van der Waals surface area contributed by atoms with Gasteiger partial charge >= 0.3 is 0 Å². The van der Waals surface area contributed by atoms with Gasteiger partial charge in [-0.1, -0.05) is 6.92 Å². The molecule has 2 unspecified atom stereocenters. The molecular weight excluding hydrogens is 224 g/mol. The summed E-state index contributed by atoms with van der Waals surface area (Å²) in [6.07, 6.45) is 2.35. The van der Waals surface area contributed by atoms with Crippen LogP contribution in [-0.4, -0.2) is 80.1 Å². The van der Waals surface area contributed by atoms with E-state index in [1.165, 1.54) is 52.1 Å². The van der Waals surface area contributed by atoms with Crippen LogP contribution in [0.1, 0.15) is 19.8 Å². The zero-order chi connectivity index (χ0) is 13.1. The minimum atomic E-state index is 0.450. The van der Waals surface area contributed by atoms with Crippen LogP contribution in [0.25, 0.3) is 0 Å². The summed E-state index contributed by atoms with van der Waals surface area (Å²) in [5.74, 6) is 0.801. The maximum Gasteiger partial charge on any atom is 0.0254 e. The van der Waals surface area contributed by atoms with Gasteiger partial charge in [0, 0.05) is 38.3 Å². The van der Waals surface area contributed by atoms with E-state index in [2.05, 4.69) is 35.7 Å². The zero-order valence-electron chi connectivity index (χ0n) is 12.3. The van der Waals surface area contributed by atoms with Crippen LogP contribution in [-0.2, 0) is 0 Å². The average molecular weight is 254 g/mol. The van der Waals surface area contributed by atoms with E-state index in [1.54, 1.807) is 0 Å².